The largest absolute Gasteiger partial charge is 0.388 e. The van der Waals surface area contributed by atoms with Crippen molar-refractivity contribution in [3.8, 4) is 0 Å². The van der Waals surface area contributed by atoms with Crippen molar-refractivity contribution in [1.29, 1.82) is 0 Å². The number of aromatic amines is 1. The van der Waals surface area contributed by atoms with E-state index in [4.69, 9.17) is 5.73 Å². The second kappa shape index (κ2) is 3.77. The lowest BCUT2D eigenvalue weighted by atomic mass is 10.0. The average molecular weight is 191 g/mol. The lowest BCUT2D eigenvalue weighted by Crippen LogP contribution is -2.07. The van der Waals surface area contributed by atoms with Crippen LogP contribution < -0.4 is 5.73 Å². The number of aliphatic hydroxyl groups excluding tert-OH is 1. The van der Waals surface area contributed by atoms with Crippen molar-refractivity contribution < 1.29 is 5.11 Å². The van der Waals surface area contributed by atoms with Crippen LogP contribution in [0.1, 0.15) is 18.1 Å². The number of nitrogens with one attached hydrogen (secondary N) is 1. The van der Waals surface area contributed by atoms with Gasteiger partial charge in [0.1, 0.15) is 0 Å². The molecule has 0 saturated carbocycles. The monoisotopic (exact) mass is 191 g/mol. The number of rotatable bonds is 3. The van der Waals surface area contributed by atoms with Crippen molar-refractivity contribution in [2.45, 2.75) is 12.5 Å². The second-order valence-corrected chi connectivity index (χ2v) is 3.27. The molecule has 1 aromatic carbocycles. The van der Waals surface area contributed by atoms with E-state index in [0.29, 0.717) is 13.0 Å². The summed E-state index contributed by atoms with van der Waals surface area (Å²) >= 11 is 0. The van der Waals surface area contributed by atoms with Gasteiger partial charge in [-0.3, -0.25) is 5.10 Å². The topological polar surface area (TPSA) is 74.9 Å². The van der Waals surface area contributed by atoms with Gasteiger partial charge in [0.15, 0.2) is 0 Å². The van der Waals surface area contributed by atoms with Crippen LogP contribution >= 0.6 is 0 Å². The molecule has 0 aliphatic carbocycles. The molecular formula is C10H13N3O. The highest BCUT2D eigenvalue weighted by Crippen LogP contribution is 2.23. The van der Waals surface area contributed by atoms with Gasteiger partial charge in [-0.15, -0.1) is 0 Å². The molecule has 1 atom stereocenters. The normalized spacial score (nSPS) is 13.3. The Morgan fingerprint density at radius 3 is 3.14 bits per heavy atom. The predicted octanol–water partition coefficient (Wildman–Crippen LogP) is 0.945. The number of hydrogen-bond donors (Lipinski definition) is 3. The lowest BCUT2D eigenvalue weighted by Gasteiger charge is -2.09. The Morgan fingerprint density at radius 2 is 2.36 bits per heavy atom. The van der Waals surface area contributed by atoms with Gasteiger partial charge in [-0.2, -0.15) is 5.10 Å². The van der Waals surface area contributed by atoms with Crippen LogP contribution in [0.2, 0.25) is 0 Å². The van der Waals surface area contributed by atoms with Crippen molar-refractivity contribution in [3.63, 3.8) is 0 Å². The van der Waals surface area contributed by atoms with Crippen LogP contribution in [-0.4, -0.2) is 21.8 Å². The maximum Gasteiger partial charge on any atom is 0.0822 e. The molecule has 0 radical (unpaired) electrons. The molecule has 0 fully saturated rings. The van der Waals surface area contributed by atoms with E-state index in [1.54, 1.807) is 6.20 Å². The molecule has 0 spiro atoms. The smallest absolute Gasteiger partial charge is 0.0822 e. The number of nitrogens with zero attached hydrogens (tertiary/aromatic N) is 1. The van der Waals surface area contributed by atoms with Gasteiger partial charge in [0.25, 0.3) is 0 Å². The third-order valence-corrected chi connectivity index (χ3v) is 2.31. The summed E-state index contributed by atoms with van der Waals surface area (Å²) in [5.74, 6) is 0. The quantitative estimate of drug-likeness (QED) is 0.676. The molecule has 2 rings (SSSR count). The fraction of sp³-hybridized carbons (Fsp3) is 0.300. The molecule has 2 aromatic rings. The van der Waals surface area contributed by atoms with E-state index in [-0.39, 0.29) is 0 Å². The molecule has 0 aliphatic heterocycles. The molecule has 0 bridgehead atoms. The summed E-state index contributed by atoms with van der Waals surface area (Å²) in [5, 5.41) is 17.6. The van der Waals surface area contributed by atoms with Gasteiger partial charge in [0, 0.05) is 10.9 Å². The first-order valence-corrected chi connectivity index (χ1v) is 4.63. The summed E-state index contributed by atoms with van der Waals surface area (Å²) in [6.45, 7) is 0.478. The number of aromatic nitrogens is 2. The summed E-state index contributed by atoms with van der Waals surface area (Å²) in [6, 6.07) is 5.76. The van der Waals surface area contributed by atoms with Gasteiger partial charge in [-0.25, -0.2) is 0 Å². The number of benzene rings is 1. The Balaban J connectivity index is 2.45. The molecule has 4 N–H and O–H groups in total. The van der Waals surface area contributed by atoms with Crippen molar-refractivity contribution >= 4 is 10.9 Å². The number of H-pyrrole nitrogens is 1. The maximum absolute atomic E-state index is 9.81. The fourth-order valence-electron chi connectivity index (χ4n) is 1.58. The van der Waals surface area contributed by atoms with Crippen LogP contribution in [0.15, 0.2) is 24.4 Å². The van der Waals surface area contributed by atoms with Crippen molar-refractivity contribution in [3.05, 3.63) is 30.0 Å². The van der Waals surface area contributed by atoms with Crippen molar-refractivity contribution in [1.82, 2.24) is 10.2 Å². The summed E-state index contributed by atoms with van der Waals surface area (Å²) in [7, 11) is 0. The van der Waals surface area contributed by atoms with Crippen LogP contribution in [0.3, 0.4) is 0 Å². The molecule has 0 unspecified atom stereocenters. The summed E-state index contributed by atoms with van der Waals surface area (Å²) < 4.78 is 0. The van der Waals surface area contributed by atoms with Crippen LogP contribution in [0.5, 0.6) is 0 Å². The second-order valence-electron chi connectivity index (χ2n) is 3.27. The summed E-state index contributed by atoms with van der Waals surface area (Å²) in [4.78, 5) is 0. The minimum atomic E-state index is -0.510. The molecule has 4 heteroatoms. The van der Waals surface area contributed by atoms with E-state index < -0.39 is 6.10 Å². The van der Waals surface area contributed by atoms with E-state index in [0.717, 1.165) is 16.5 Å². The number of aliphatic hydroxyl groups is 1. The number of nitrogens with two attached hydrogens (primary N) is 1. The van der Waals surface area contributed by atoms with Crippen LogP contribution in [0.4, 0.5) is 0 Å². The Bertz CT molecular complexity index is 424. The van der Waals surface area contributed by atoms with Gasteiger partial charge in [-0.1, -0.05) is 18.2 Å². The Labute approximate surface area is 81.7 Å². The first kappa shape index (κ1) is 9.18. The SMILES string of the molecule is NCC[C@H](O)c1cccc2cn[nH]c12. The van der Waals surface area contributed by atoms with E-state index in [9.17, 15) is 5.11 Å². The molecule has 0 saturated heterocycles. The van der Waals surface area contributed by atoms with Gasteiger partial charge < -0.3 is 10.8 Å². The zero-order valence-corrected chi connectivity index (χ0v) is 7.77. The number of hydrogen-bond acceptors (Lipinski definition) is 3. The van der Waals surface area contributed by atoms with E-state index in [1.807, 2.05) is 18.2 Å². The first-order valence-electron chi connectivity index (χ1n) is 4.63. The third-order valence-electron chi connectivity index (χ3n) is 2.31. The Kier molecular flexibility index (Phi) is 2.47. The number of fused-ring (bicyclic) bond motifs is 1. The van der Waals surface area contributed by atoms with Crippen molar-refractivity contribution in [2.75, 3.05) is 6.54 Å². The number of para-hydroxylation sites is 1. The van der Waals surface area contributed by atoms with Crippen LogP contribution in [-0.2, 0) is 0 Å². The average Bonchev–Trinajstić information content (AvgIpc) is 2.65. The molecular weight excluding hydrogens is 178 g/mol. The summed E-state index contributed by atoms with van der Waals surface area (Å²) in [6.07, 6.45) is 1.80. The molecule has 0 aliphatic rings. The highest BCUT2D eigenvalue weighted by molar-refractivity contribution is 5.81. The van der Waals surface area contributed by atoms with Crippen molar-refractivity contribution in [2.24, 2.45) is 5.73 Å². The zero-order valence-electron chi connectivity index (χ0n) is 7.77. The minimum absolute atomic E-state index is 0.478. The fourth-order valence-corrected chi connectivity index (χ4v) is 1.58. The van der Waals surface area contributed by atoms with Gasteiger partial charge in [0.05, 0.1) is 17.8 Å². The summed E-state index contributed by atoms with van der Waals surface area (Å²) in [5.41, 5.74) is 7.16. The zero-order chi connectivity index (χ0) is 9.97. The van der Waals surface area contributed by atoms with Crippen LogP contribution in [0.25, 0.3) is 10.9 Å². The van der Waals surface area contributed by atoms with Gasteiger partial charge in [0.2, 0.25) is 0 Å². The standard InChI is InChI=1S/C10H13N3O/c11-5-4-9(14)8-3-1-2-7-6-12-13-10(7)8/h1-3,6,9,14H,4-5,11H2,(H,12,13)/t9-/m0/s1. The predicted molar refractivity (Wildman–Crippen MR) is 54.7 cm³/mol. The van der Waals surface area contributed by atoms with E-state index >= 15 is 0 Å². The molecule has 1 heterocycles. The molecule has 1 aromatic heterocycles. The first-order chi connectivity index (χ1) is 6.83. The Morgan fingerprint density at radius 1 is 1.50 bits per heavy atom. The Hall–Kier alpha value is -1.39. The molecule has 4 nitrogen and oxygen atoms in total. The third kappa shape index (κ3) is 1.49. The highest BCUT2D eigenvalue weighted by atomic mass is 16.3. The highest BCUT2D eigenvalue weighted by Gasteiger charge is 2.10. The molecule has 74 valence electrons. The van der Waals surface area contributed by atoms with Gasteiger partial charge in [-0.05, 0) is 13.0 Å². The van der Waals surface area contributed by atoms with E-state index in [1.165, 1.54) is 0 Å². The molecule has 0 amide bonds. The minimum Gasteiger partial charge on any atom is -0.388 e. The van der Waals surface area contributed by atoms with Gasteiger partial charge >= 0.3 is 0 Å². The lowest BCUT2D eigenvalue weighted by molar-refractivity contribution is 0.171. The molecule has 14 heavy (non-hydrogen) atoms. The van der Waals surface area contributed by atoms with Crippen LogP contribution in [0, 0.1) is 0 Å². The maximum atomic E-state index is 9.81. The van der Waals surface area contributed by atoms with E-state index in [2.05, 4.69) is 10.2 Å².